The van der Waals surface area contributed by atoms with Crippen LogP contribution in [0.25, 0.3) is 10.9 Å². The average Bonchev–Trinajstić information content (AvgIpc) is 2.90. The highest BCUT2D eigenvalue weighted by Crippen LogP contribution is 2.35. The highest BCUT2D eigenvalue weighted by atomic mass is 35.5. The van der Waals surface area contributed by atoms with E-state index in [4.69, 9.17) is 27.9 Å². The van der Waals surface area contributed by atoms with E-state index in [-0.39, 0.29) is 24.1 Å². The number of halogens is 2. The maximum Gasteiger partial charge on any atom is 0.296 e. The van der Waals surface area contributed by atoms with Gasteiger partial charge in [-0.05, 0) is 43.3 Å². The van der Waals surface area contributed by atoms with E-state index in [2.05, 4.69) is 22.1 Å². The van der Waals surface area contributed by atoms with E-state index in [9.17, 15) is 9.59 Å². The van der Waals surface area contributed by atoms with Gasteiger partial charge in [0.05, 0.1) is 17.3 Å². The van der Waals surface area contributed by atoms with Crippen molar-refractivity contribution in [2.75, 3.05) is 18.5 Å². The van der Waals surface area contributed by atoms with Crippen LogP contribution in [0, 0.1) is 18.8 Å². The zero-order valence-corrected chi connectivity index (χ0v) is 21.7. The molecule has 0 aliphatic rings. The average molecular weight is 532 g/mol. The van der Waals surface area contributed by atoms with Crippen molar-refractivity contribution >= 4 is 51.6 Å². The molecule has 2 amide bonds. The summed E-state index contributed by atoms with van der Waals surface area (Å²) in [6, 6.07) is 22.0. The number of carbonyl (C=O) groups is 2. The number of hydrogen-bond donors (Lipinski definition) is 1. The third-order valence-electron chi connectivity index (χ3n) is 5.59. The van der Waals surface area contributed by atoms with Crippen LogP contribution < -0.4 is 15.0 Å². The Kier molecular flexibility index (Phi) is 8.29. The molecule has 0 fully saturated rings. The van der Waals surface area contributed by atoms with Crippen LogP contribution in [0.2, 0.25) is 10.0 Å². The van der Waals surface area contributed by atoms with Crippen molar-refractivity contribution in [2.45, 2.75) is 13.5 Å². The molecule has 1 heterocycles. The number of likely N-dealkylation sites (N-methyl/N-ethyl adjacent to an activating group) is 1. The molecular weight excluding hydrogens is 509 g/mol. The van der Waals surface area contributed by atoms with Crippen molar-refractivity contribution in [3.63, 3.8) is 0 Å². The number of carbonyl (C=O) groups excluding carboxylic acids is 2. The molecule has 0 radical (unpaired) electrons. The number of para-hydroxylation sites is 1. The number of aryl methyl sites for hydroxylation is 1. The molecule has 1 N–H and O–H groups in total. The molecule has 0 atom stereocenters. The Balaban J connectivity index is 1.44. The van der Waals surface area contributed by atoms with E-state index < -0.39 is 5.91 Å². The lowest BCUT2D eigenvalue weighted by Crippen LogP contribution is -2.38. The van der Waals surface area contributed by atoms with Crippen molar-refractivity contribution in [1.29, 1.82) is 0 Å². The number of pyridine rings is 1. The van der Waals surface area contributed by atoms with Crippen LogP contribution in [0.1, 0.15) is 16.8 Å². The summed E-state index contributed by atoms with van der Waals surface area (Å²) in [4.78, 5) is 30.8. The number of rotatable bonds is 6. The van der Waals surface area contributed by atoms with E-state index in [1.807, 2.05) is 55.5 Å². The number of amides is 2. The second-order valence-corrected chi connectivity index (χ2v) is 8.96. The molecule has 0 aliphatic carbocycles. The molecule has 37 heavy (non-hydrogen) atoms. The molecule has 8 heteroatoms. The minimum Gasteiger partial charge on any atom is -0.487 e. The van der Waals surface area contributed by atoms with E-state index in [1.165, 1.54) is 4.90 Å². The SMILES string of the molecule is Cc1ccc2cccc(OCc3c(Cl)ccc(N(C)C(=O)CNC(=O)C#Cc4ccccc4)c3Cl)c2n1. The maximum absolute atomic E-state index is 12.8. The third-order valence-corrected chi connectivity index (χ3v) is 6.37. The first-order chi connectivity index (χ1) is 17.8. The summed E-state index contributed by atoms with van der Waals surface area (Å²) in [5.41, 5.74) is 3.29. The molecule has 0 saturated carbocycles. The highest BCUT2D eigenvalue weighted by Gasteiger charge is 2.19. The van der Waals surface area contributed by atoms with Gasteiger partial charge in [-0.15, -0.1) is 0 Å². The smallest absolute Gasteiger partial charge is 0.296 e. The van der Waals surface area contributed by atoms with Crippen molar-refractivity contribution < 1.29 is 14.3 Å². The molecule has 4 rings (SSSR count). The number of anilines is 1. The van der Waals surface area contributed by atoms with Crippen molar-refractivity contribution in [3.8, 4) is 17.6 Å². The van der Waals surface area contributed by atoms with Gasteiger partial charge in [0, 0.05) is 40.2 Å². The summed E-state index contributed by atoms with van der Waals surface area (Å²) in [5.74, 6) is 4.90. The molecule has 0 bridgehead atoms. The Morgan fingerprint density at radius 3 is 2.57 bits per heavy atom. The molecule has 0 aliphatic heterocycles. The summed E-state index contributed by atoms with van der Waals surface area (Å²) in [7, 11) is 1.57. The summed E-state index contributed by atoms with van der Waals surface area (Å²) >= 11 is 13.1. The predicted molar refractivity (Wildman–Crippen MR) is 147 cm³/mol. The van der Waals surface area contributed by atoms with Gasteiger partial charge in [-0.2, -0.15) is 0 Å². The highest BCUT2D eigenvalue weighted by molar-refractivity contribution is 6.38. The monoisotopic (exact) mass is 531 g/mol. The Bertz CT molecular complexity index is 1530. The normalized spacial score (nSPS) is 10.4. The number of nitrogens with zero attached hydrogens (tertiary/aromatic N) is 2. The van der Waals surface area contributed by atoms with Crippen molar-refractivity contribution in [1.82, 2.24) is 10.3 Å². The second kappa shape index (κ2) is 11.8. The fourth-order valence-electron chi connectivity index (χ4n) is 3.56. The van der Waals surface area contributed by atoms with Crippen LogP contribution in [0.5, 0.6) is 5.75 Å². The quantitative estimate of drug-likeness (QED) is 0.330. The lowest BCUT2D eigenvalue weighted by atomic mass is 10.1. The first-order valence-corrected chi connectivity index (χ1v) is 12.2. The first-order valence-electron chi connectivity index (χ1n) is 11.4. The number of hydrogen-bond acceptors (Lipinski definition) is 4. The molecule has 1 aromatic heterocycles. The maximum atomic E-state index is 12.8. The number of aromatic nitrogens is 1. The van der Waals surface area contributed by atoms with E-state index in [0.29, 0.717) is 27.6 Å². The van der Waals surface area contributed by atoms with Gasteiger partial charge in [-0.25, -0.2) is 4.98 Å². The molecular formula is C29H23Cl2N3O3. The van der Waals surface area contributed by atoms with Crippen LogP contribution >= 0.6 is 23.2 Å². The number of nitrogens with one attached hydrogen (secondary N) is 1. The van der Waals surface area contributed by atoms with Crippen LogP contribution in [-0.2, 0) is 16.2 Å². The lowest BCUT2D eigenvalue weighted by molar-refractivity contribution is -0.121. The van der Waals surface area contributed by atoms with Gasteiger partial charge < -0.3 is 15.0 Å². The van der Waals surface area contributed by atoms with Gasteiger partial charge in [0.2, 0.25) is 5.91 Å². The minimum atomic E-state index is -0.555. The van der Waals surface area contributed by atoms with Crippen LogP contribution in [-0.4, -0.2) is 30.4 Å². The van der Waals surface area contributed by atoms with Gasteiger partial charge in [0.1, 0.15) is 17.9 Å². The second-order valence-electron chi connectivity index (χ2n) is 8.18. The first kappa shape index (κ1) is 26.0. The van der Waals surface area contributed by atoms with Gasteiger partial charge in [-0.1, -0.05) is 65.5 Å². The fourth-order valence-corrected chi connectivity index (χ4v) is 4.17. The van der Waals surface area contributed by atoms with E-state index in [0.717, 1.165) is 16.6 Å². The zero-order chi connectivity index (χ0) is 26.4. The minimum absolute atomic E-state index is 0.0775. The zero-order valence-electron chi connectivity index (χ0n) is 20.2. The lowest BCUT2D eigenvalue weighted by Gasteiger charge is -2.21. The summed E-state index contributed by atoms with van der Waals surface area (Å²) in [5, 5.41) is 4.15. The van der Waals surface area contributed by atoms with Gasteiger partial charge in [-0.3, -0.25) is 9.59 Å². The summed E-state index contributed by atoms with van der Waals surface area (Å²) < 4.78 is 6.05. The van der Waals surface area contributed by atoms with Crippen molar-refractivity contribution in [3.05, 3.63) is 99.7 Å². The molecule has 0 saturated heterocycles. The molecule has 4 aromatic rings. The van der Waals surface area contributed by atoms with E-state index in [1.54, 1.807) is 31.3 Å². The van der Waals surface area contributed by atoms with Gasteiger partial charge in [0.15, 0.2) is 0 Å². The van der Waals surface area contributed by atoms with E-state index >= 15 is 0 Å². The molecule has 186 valence electrons. The molecule has 6 nitrogen and oxygen atoms in total. The third kappa shape index (κ3) is 6.39. The molecule has 0 spiro atoms. The topological polar surface area (TPSA) is 71.5 Å². The Hall–Kier alpha value is -4.05. The number of ether oxygens (including phenoxy) is 1. The standard InChI is InChI=1S/C29H23Cl2N3O3/c1-19-11-13-21-9-6-10-25(29(21)33-19)37-18-22-23(30)14-15-24(28(22)31)34(2)27(36)17-32-26(35)16-12-20-7-4-3-5-8-20/h3-11,13-15H,17-18H2,1-2H3,(H,32,35). The summed E-state index contributed by atoms with van der Waals surface area (Å²) in [6.45, 7) is 1.75. The predicted octanol–water partition coefficient (Wildman–Crippen LogP) is 5.56. The Morgan fingerprint density at radius 1 is 1.00 bits per heavy atom. The number of benzene rings is 3. The van der Waals surface area contributed by atoms with Crippen LogP contribution in [0.4, 0.5) is 5.69 Å². The Morgan fingerprint density at radius 2 is 1.78 bits per heavy atom. The summed E-state index contributed by atoms with van der Waals surface area (Å²) in [6.07, 6.45) is 0. The van der Waals surface area contributed by atoms with Crippen molar-refractivity contribution in [2.24, 2.45) is 0 Å². The molecule has 3 aromatic carbocycles. The van der Waals surface area contributed by atoms with Crippen LogP contribution in [0.3, 0.4) is 0 Å². The number of fused-ring (bicyclic) bond motifs is 1. The molecule has 0 unspecified atom stereocenters. The Labute approximate surface area is 225 Å². The van der Waals surface area contributed by atoms with Crippen LogP contribution in [0.15, 0.2) is 72.8 Å². The fraction of sp³-hybridized carbons (Fsp3) is 0.138. The largest absolute Gasteiger partial charge is 0.487 e. The van der Waals surface area contributed by atoms with Gasteiger partial charge in [0.25, 0.3) is 5.91 Å². The van der Waals surface area contributed by atoms with Gasteiger partial charge >= 0.3 is 0 Å².